The molecule has 0 spiro atoms. The number of aromatic nitrogens is 1. The third kappa shape index (κ3) is 3.30. The van der Waals surface area contributed by atoms with Gasteiger partial charge in [-0.3, -0.25) is 14.9 Å². The van der Waals surface area contributed by atoms with Gasteiger partial charge in [-0.05, 0) is 31.2 Å². The number of benzene rings is 2. The molecular weight excluding hydrogens is 385 g/mol. The van der Waals surface area contributed by atoms with E-state index in [0.717, 1.165) is 10.2 Å². The Kier molecular flexibility index (Phi) is 4.89. The molecule has 1 heterocycles. The quantitative estimate of drug-likeness (QED) is 0.477. The summed E-state index contributed by atoms with van der Waals surface area (Å²) in [4.78, 5) is 27.6. The van der Waals surface area contributed by atoms with E-state index in [1.165, 1.54) is 29.5 Å². The number of nitro benzene ring substituents is 1. The van der Waals surface area contributed by atoms with E-state index in [2.05, 4.69) is 4.99 Å². The number of carbonyl (C=O) groups is 1. The zero-order valence-corrected chi connectivity index (χ0v) is 15.2. The first-order valence-corrected chi connectivity index (χ1v) is 8.80. The van der Waals surface area contributed by atoms with Crippen LogP contribution in [0.2, 0.25) is 10.0 Å². The van der Waals surface area contributed by atoms with Gasteiger partial charge < -0.3 is 4.57 Å². The molecule has 25 heavy (non-hydrogen) atoms. The molecule has 1 amide bonds. The van der Waals surface area contributed by atoms with Gasteiger partial charge in [-0.1, -0.05) is 40.6 Å². The number of halogens is 2. The van der Waals surface area contributed by atoms with E-state index >= 15 is 0 Å². The molecule has 3 rings (SSSR count). The number of fused-ring (bicyclic) bond motifs is 1. The molecule has 0 aliphatic heterocycles. The van der Waals surface area contributed by atoms with Crippen LogP contribution in [-0.2, 0) is 6.54 Å². The molecule has 0 radical (unpaired) electrons. The Morgan fingerprint density at radius 2 is 2.08 bits per heavy atom. The van der Waals surface area contributed by atoms with Crippen molar-refractivity contribution in [3.63, 3.8) is 0 Å². The van der Waals surface area contributed by atoms with Crippen molar-refractivity contribution in [2.24, 2.45) is 4.99 Å². The fourth-order valence-corrected chi connectivity index (χ4v) is 4.08. The topological polar surface area (TPSA) is 77.5 Å². The third-order valence-electron chi connectivity index (χ3n) is 3.55. The summed E-state index contributed by atoms with van der Waals surface area (Å²) in [6.45, 7) is 2.45. The fourth-order valence-electron chi connectivity index (χ4n) is 2.45. The lowest BCUT2D eigenvalue weighted by Crippen LogP contribution is -2.16. The van der Waals surface area contributed by atoms with Crippen LogP contribution in [0.4, 0.5) is 5.69 Å². The van der Waals surface area contributed by atoms with Gasteiger partial charge >= 0.3 is 0 Å². The SMILES string of the molecule is CCn1c(=NC(=O)c2cc(Cl)ccc2[N+](=O)[O-])sc2cccc(Cl)c21. The predicted molar refractivity (Wildman–Crippen MR) is 98.5 cm³/mol. The highest BCUT2D eigenvalue weighted by Crippen LogP contribution is 2.26. The summed E-state index contributed by atoms with van der Waals surface area (Å²) in [6.07, 6.45) is 0. The van der Waals surface area contributed by atoms with Crippen LogP contribution in [0.15, 0.2) is 41.4 Å². The number of amides is 1. The summed E-state index contributed by atoms with van der Waals surface area (Å²) < 4.78 is 2.68. The minimum atomic E-state index is -0.723. The molecule has 128 valence electrons. The van der Waals surface area contributed by atoms with Crippen molar-refractivity contribution in [1.29, 1.82) is 0 Å². The highest BCUT2D eigenvalue weighted by molar-refractivity contribution is 7.16. The van der Waals surface area contributed by atoms with Crippen molar-refractivity contribution in [3.8, 4) is 0 Å². The molecule has 0 fully saturated rings. The number of thiazole rings is 1. The average Bonchev–Trinajstić information content (AvgIpc) is 2.92. The summed E-state index contributed by atoms with van der Waals surface area (Å²) in [6, 6.07) is 9.26. The highest BCUT2D eigenvalue weighted by atomic mass is 35.5. The normalized spacial score (nSPS) is 11.9. The largest absolute Gasteiger partial charge is 0.315 e. The molecule has 1 aromatic heterocycles. The number of rotatable bonds is 3. The molecule has 0 saturated heterocycles. The first-order valence-electron chi connectivity index (χ1n) is 7.23. The maximum absolute atomic E-state index is 12.6. The van der Waals surface area contributed by atoms with Crippen LogP contribution in [-0.4, -0.2) is 15.4 Å². The Morgan fingerprint density at radius 3 is 2.76 bits per heavy atom. The number of carbonyl (C=O) groups excluding carboxylic acids is 1. The van der Waals surface area contributed by atoms with E-state index in [0.29, 0.717) is 16.4 Å². The van der Waals surface area contributed by atoms with Gasteiger partial charge in [-0.15, -0.1) is 0 Å². The molecular formula is C16H11Cl2N3O3S. The third-order valence-corrected chi connectivity index (χ3v) is 5.13. The van der Waals surface area contributed by atoms with Crippen LogP contribution < -0.4 is 4.80 Å². The number of aryl methyl sites for hydroxylation is 1. The van der Waals surface area contributed by atoms with Crippen LogP contribution in [0.5, 0.6) is 0 Å². The van der Waals surface area contributed by atoms with Crippen LogP contribution >= 0.6 is 34.5 Å². The molecule has 9 heteroatoms. The molecule has 0 N–H and O–H groups in total. The van der Waals surface area contributed by atoms with Gasteiger partial charge in [0.2, 0.25) is 0 Å². The zero-order valence-electron chi connectivity index (χ0n) is 12.9. The highest BCUT2D eigenvalue weighted by Gasteiger charge is 2.20. The standard InChI is InChI=1S/C16H11Cl2N3O3S/c1-2-20-14-11(18)4-3-5-13(14)25-16(20)19-15(22)10-8-9(17)6-7-12(10)21(23)24/h3-8H,2H2,1H3. The molecule has 3 aromatic rings. The lowest BCUT2D eigenvalue weighted by Gasteiger charge is -2.02. The minimum absolute atomic E-state index is 0.149. The van der Waals surface area contributed by atoms with Crippen molar-refractivity contribution in [2.45, 2.75) is 13.5 Å². The van der Waals surface area contributed by atoms with Gasteiger partial charge in [0.1, 0.15) is 5.56 Å². The van der Waals surface area contributed by atoms with E-state index in [4.69, 9.17) is 23.2 Å². The smallest absolute Gasteiger partial charge is 0.286 e. The molecule has 0 aliphatic rings. The Hall–Kier alpha value is -2.22. The first-order chi connectivity index (χ1) is 11.9. The van der Waals surface area contributed by atoms with Gasteiger partial charge in [-0.25, -0.2) is 0 Å². The number of nitrogens with zero attached hydrogens (tertiary/aromatic N) is 3. The second kappa shape index (κ2) is 6.95. The Labute approximate surface area is 156 Å². The van der Waals surface area contributed by atoms with Crippen molar-refractivity contribution >= 4 is 56.3 Å². The van der Waals surface area contributed by atoms with Crippen molar-refractivity contribution in [2.75, 3.05) is 0 Å². The predicted octanol–water partition coefficient (Wildman–Crippen LogP) is 4.68. The molecule has 2 aromatic carbocycles. The molecule has 0 atom stereocenters. The van der Waals surface area contributed by atoms with E-state index in [9.17, 15) is 14.9 Å². The number of para-hydroxylation sites is 1. The second-order valence-electron chi connectivity index (χ2n) is 5.05. The summed E-state index contributed by atoms with van der Waals surface area (Å²) >= 11 is 13.4. The lowest BCUT2D eigenvalue weighted by atomic mass is 10.2. The van der Waals surface area contributed by atoms with Gasteiger partial charge in [-0.2, -0.15) is 4.99 Å². The van der Waals surface area contributed by atoms with Crippen LogP contribution in [0, 0.1) is 10.1 Å². The Morgan fingerprint density at radius 1 is 1.32 bits per heavy atom. The van der Waals surface area contributed by atoms with Gasteiger partial charge in [0.05, 0.1) is 20.2 Å². The van der Waals surface area contributed by atoms with E-state index in [1.54, 1.807) is 10.6 Å². The molecule has 0 bridgehead atoms. The van der Waals surface area contributed by atoms with Gasteiger partial charge in [0.25, 0.3) is 11.6 Å². The maximum atomic E-state index is 12.6. The van der Waals surface area contributed by atoms with Crippen LogP contribution in [0.3, 0.4) is 0 Å². The first kappa shape index (κ1) is 17.6. The van der Waals surface area contributed by atoms with Crippen molar-refractivity contribution in [3.05, 3.63) is 66.9 Å². The number of hydrogen-bond donors (Lipinski definition) is 0. The zero-order chi connectivity index (χ0) is 18.1. The lowest BCUT2D eigenvalue weighted by molar-refractivity contribution is -0.385. The van der Waals surface area contributed by atoms with Crippen molar-refractivity contribution < 1.29 is 9.72 Å². The van der Waals surface area contributed by atoms with Crippen LogP contribution in [0.25, 0.3) is 10.2 Å². The maximum Gasteiger partial charge on any atom is 0.286 e. The summed E-state index contributed by atoms with van der Waals surface area (Å²) in [7, 11) is 0. The van der Waals surface area contributed by atoms with E-state index < -0.39 is 10.8 Å². The Bertz CT molecular complexity index is 1070. The summed E-state index contributed by atoms with van der Waals surface area (Å²) in [5.74, 6) is -0.723. The fraction of sp³-hybridized carbons (Fsp3) is 0.125. The van der Waals surface area contributed by atoms with E-state index in [-0.39, 0.29) is 16.3 Å². The average molecular weight is 396 g/mol. The number of hydrogen-bond acceptors (Lipinski definition) is 4. The molecule has 0 aliphatic carbocycles. The van der Waals surface area contributed by atoms with E-state index in [1.807, 2.05) is 19.1 Å². The summed E-state index contributed by atoms with van der Waals surface area (Å²) in [5, 5.41) is 11.9. The van der Waals surface area contributed by atoms with Crippen molar-refractivity contribution in [1.82, 2.24) is 4.57 Å². The van der Waals surface area contributed by atoms with Gasteiger partial charge in [0.15, 0.2) is 4.80 Å². The Balaban J connectivity index is 2.21. The molecule has 6 nitrogen and oxygen atoms in total. The second-order valence-corrected chi connectivity index (χ2v) is 6.90. The monoisotopic (exact) mass is 395 g/mol. The van der Waals surface area contributed by atoms with Crippen LogP contribution in [0.1, 0.15) is 17.3 Å². The number of nitro groups is 1. The summed E-state index contributed by atoms with van der Waals surface area (Å²) in [5.41, 5.74) is 0.299. The molecule has 0 saturated carbocycles. The molecule has 0 unspecified atom stereocenters. The minimum Gasteiger partial charge on any atom is -0.315 e. The van der Waals surface area contributed by atoms with Gasteiger partial charge in [0, 0.05) is 17.6 Å².